The highest BCUT2D eigenvalue weighted by Crippen LogP contribution is 2.55. The van der Waals surface area contributed by atoms with Crippen LogP contribution in [0.25, 0.3) is 0 Å². The van der Waals surface area contributed by atoms with E-state index in [4.69, 9.17) is 9.47 Å². The van der Waals surface area contributed by atoms with Crippen molar-refractivity contribution in [2.24, 2.45) is 5.92 Å². The molecule has 0 aromatic heterocycles. The Balaban J connectivity index is 1.71. The predicted octanol–water partition coefficient (Wildman–Crippen LogP) is 4.22. The third-order valence-corrected chi connectivity index (χ3v) is 5.22. The maximum absolute atomic E-state index is 13.7. The van der Waals surface area contributed by atoms with Gasteiger partial charge in [0.05, 0.1) is 23.9 Å². The van der Waals surface area contributed by atoms with Crippen LogP contribution in [0.15, 0.2) is 18.2 Å². The summed E-state index contributed by atoms with van der Waals surface area (Å²) in [6.45, 7) is 6.48. The first kappa shape index (κ1) is 14.9. The molecular weight excluding hydrogens is 274 g/mol. The van der Waals surface area contributed by atoms with Crippen LogP contribution in [0.4, 0.5) is 8.78 Å². The van der Waals surface area contributed by atoms with Crippen LogP contribution in [0, 0.1) is 17.6 Å². The average Bonchev–Trinajstić information content (AvgIpc) is 2.93. The fraction of sp³-hybridized carbons (Fsp3) is 0.647. The monoisotopic (exact) mass is 296 g/mol. The summed E-state index contributed by atoms with van der Waals surface area (Å²) in [5, 5.41) is 0. The molecule has 3 atom stereocenters. The maximum atomic E-state index is 13.7. The summed E-state index contributed by atoms with van der Waals surface area (Å²) in [7, 11) is 0. The number of halogens is 2. The number of benzene rings is 1. The molecule has 3 unspecified atom stereocenters. The van der Waals surface area contributed by atoms with Crippen molar-refractivity contribution in [1.29, 1.82) is 0 Å². The lowest BCUT2D eigenvalue weighted by Gasteiger charge is -2.31. The zero-order valence-corrected chi connectivity index (χ0v) is 12.8. The highest BCUT2D eigenvalue weighted by molar-refractivity contribution is 5.18. The molecule has 0 amide bonds. The van der Waals surface area contributed by atoms with Crippen LogP contribution in [-0.2, 0) is 16.1 Å². The van der Waals surface area contributed by atoms with Crippen molar-refractivity contribution < 1.29 is 18.3 Å². The second-order valence-electron chi connectivity index (χ2n) is 6.85. The van der Waals surface area contributed by atoms with Gasteiger partial charge in [-0.15, -0.1) is 0 Å². The van der Waals surface area contributed by atoms with E-state index in [9.17, 15) is 8.78 Å². The second-order valence-corrected chi connectivity index (χ2v) is 6.85. The minimum Gasteiger partial charge on any atom is -0.370 e. The molecule has 2 nitrogen and oxygen atoms in total. The van der Waals surface area contributed by atoms with E-state index >= 15 is 0 Å². The molecule has 0 N–H and O–H groups in total. The SMILES string of the molecule is CC(C)C12CCC(C)(O1)C(OCc1cccc(F)c1F)C2. The Hall–Kier alpha value is -1.00. The van der Waals surface area contributed by atoms with Crippen LogP contribution in [-0.4, -0.2) is 17.3 Å². The van der Waals surface area contributed by atoms with Gasteiger partial charge in [-0.05, 0) is 31.7 Å². The summed E-state index contributed by atoms with van der Waals surface area (Å²) in [5.74, 6) is -1.21. The van der Waals surface area contributed by atoms with Crippen LogP contribution >= 0.6 is 0 Å². The van der Waals surface area contributed by atoms with Gasteiger partial charge < -0.3 is 9.47 Å². The Bertz CT molecular complexity index is 546. The van der Waals surface area contributed by atoms with E-state index in [0.29, 0.717) is 5.92 Å². The molecule has 1 aromatic rings. The van der Waals surface area contributed by atoms with Crippen molar-refractivity contribution in [3.8, 4) is 0 Å². The lowest BCUT2D eigenvalue weighted by molar-refractivity contribution is -0.0962. The van der Waals surface area contributed by atoms with Crippen molar-refractivity contribution in [2.45, 2.75) is 63.9 Å². The van der Waals surface area contributed by atoms with Gasteiger partial charge in [0.2, 0.25) is 0 Å². The first-order valence-corrected chi connectivity index (χ1v) is 7.61. The Morgan fingerprint density at radius 2 is 2.10 bits per heavy atom. The summed E-state index contributed by atoms with van der Waals surface area (Å²) < 4.78 is 39.1. The third-order valence-electron chi connectivity index (χ3n) is 5.22. The first-order valence-electron chi connectivity index (χ1n) is 7.61. The molecule has 2 bridgehead atoms. The number of rotatable bonds is 4. The zero-order chi connectivity index (χ0) is 15.3. The van der Waals surface area contributed by atoms with Gasteiger partial charge in [-0.25, -0.2) is 8.78 Å². The number of hydrogen-bond donors (Lipinski definition) is 0. The van der Waals surface area contributed by atoms with Gasteiger partial charge in [0, 0.05) is 12.0 Å². The van der Waals surface area contributed by atoms with E-state index in [0.717, 1.165) is 25.3 Å². The minimum absolute atomic E-state index is 0.0590. The molecule has 2 heterocycles. The first-order chi connectivity index (χ1) is 9.86. The topological polar surface area (TPSA) is 18.5 Å². The van der Waals surface area contributed by atoms with Crippen LogP contribution in [0.1, 0.15) is 45.6 Å². The molecule has 4 heteroatoms. The molecule has 3 rings (SSSR count). The van der Waals surface area contributed by atoms with Crippen molar-refractivity contribution in [1.82, 2.24) is 0 Å². The van der Waals surface area contributed by atoms with Crippen molar-refractivity contribution in [2.75, 3.05) is 0 Å². The van der Waals surface area contributed by atoms with E-state index < -0.39 is 11.6 Å². The number of hydrogen-bond acceptors (Lipinski definition) is 2. The lowest BCUT2D eigenvalue weighted by atomic mass is 9.75. The Kier molecular flexibility index (Phi) is 3.57. The standard InChI is InChI=1S/C17H22F2O2/c1-11(2)17-8-7-16(3,21-17)14(9-17)20-10-12-5-4-6-13(18)15(12)19/h4-6,11,14H,7-10H2,1-3H3. The van der Waals surface area contributed by atoms with E-state index in [-0.39, 0.29) is 29.5 Å². The quantitative estimate of drug-likeness (QED) is 0.828. The van der Waals surface area contributed by atoms with E-state index in [1.807, 2.05) is 0 Å². The highest BCUT2D eigenvalue weighted by atomic mass is 19.2. The van der Waals surface area contributed by atoms with Gasteiger partial charge in [0.25, 0.3) is 0 Å². The molecule has 1 aromatic carbocycles. The zero-order valence-electron chi connectivity index (χ0n) is 12.8. The fourth-order valence-corrected chi connectivity index (χ4v) is 3.65. The van der Waals surface area contributed by atoms with Gasteiger partial charge >= 0.3 is 0 Å². The van der Waals surface area contributed by atoms with Gasteiger partial charge in [-0.3, -0.25) is 0 Å². The molecule has 2 fully saturated rings. The fourth-order valence-electron chi connectivity index (χ4n) is 3.65. The molecule has 2 aliphatic heterocycles. The minimum atomic E-state index is -0.829. The van der Waals surface area contributed by atoms with Gasteiger partial charge in [0.15, 0.2) is 11.6 Å². The Morgan fingerprint density at radius 1 is 1.33 bits per heavy atom. The third kappa shape index (κ3) is 2.38. The predicted molar refractivity (Wildman–Crippen MR) is 75.8 cm³/mol. The van der Waals surface area contributed by atoms with E-state index in [1.165, 1.54) is 6.07 Å². The largest absolute Gasteiger partial charge is 0.370 e. The molecule has 116 valence electrons. The smallest absolute Gasteiger partial charge is 0.164 e. The van der Waals surface area contributed by atoms with Crippen LogP contribution in [0.3, 0.4) is 0 Å². The van der Waals surface area contributed by atoms with Crippen molar-refractivity contribution in [3.05, 3.63) is 35.4 Å². The number of ether oxygens (including phenoxy) is 2. The molecular formula is C17H22F2O2. The van der Waals surface area contributed by atoms with Crippen molar-refractivity contribution >= 4 is 0 Å². The summed E-state index contributed by atoms with van der Waals surface area (Å²) in [5.41, 5.74) is -0.145. The van der Waals surface area contributed by atoms with Gasteiger partial charge in [-0.2, -0.15) is 0 Å². The van der Waals surface area contributed by atoms with Gasteiger partial charge in [-0.1, -0.05) is 26.0 Å². The second kappa shape index (κ2) is 5.03. The average molecular weight is 296 g/mol. The molecule has 2 saturated heterocycles. The van der Waals surface area contributed by atoms with Gasteiger partial charge in [0.1, 0.15) is 0 Å². The summed E-state index contributed by atoms with van der Waals surface area (Å²) in [6.07, 6.45) is 2.78. The Labute approximate surface area is 124 Å². The maximum Gasteiger partial charge on any atom is 0.164 e. The molecule has 0 saturated carbocycles. The molecule has 21 heavy (non-hydrogen) atoms. The molecule has 0 radical (unpaired) electrons. The van der Waals surface area contributed by atoms with Crippen molar-refractivity contribution in [3.63, 3.8) is 0 Å². The molecule has 2 aliphatic rings. The summed E-state index contributed by atoms with van der Waals surface area (Å²) in [6, 6.07) is 4.19. The van der Waals surface area contributed by atoms with Crippen LogP contribution in [0.2, 0.25) is 0 Å². The summed E-state index contributed by atoms with van der Waals surface area (Å²) in [4.78, 5) is 0. The lowest BCUT2D eigenvalue weighted by Crippen LogP contribution is -2.38. The number of fused-ring (bicyclic) bond motifs is 2. The highest BCUT2D eigenvalue weighted by Gasteiger charge is 2.60. The normalized spacial score (nSPS) is 34.9. The van der Waals surface area contributed by atoms with E-state index in [1.54, 1.807) is 6.07 Å². The van der Waals surface area contributed by atoms with E-state index in [2.05, 4.69) is 20.8 Å². The summed E-state index contributed by atoms with van der Waals surface area (Å²) >= 11 is 0. The Morgan fingerprint density at radius 3 is 2.76 bits per heavy atom. The molecule has 0 spiro atoms. The molecule has 0 aliphatic carbocycles. The van der Waals surface area contributed by atoms with Crippen LogP contribution < -0.4 is 0 Å². The van der Waals surface area contributed by atoms with Crippen LogP contribution in [0.5, 0.6) is 0 Å².